The van der Waals surface area contributed by atoms with Crippen molar-refractivity contribution in [1.82, 2.24) is 19.9 Å². The molecule has 1 fully saturated rings. The van der Waals surface area contributed by atoms with Gasteiger partial charge in [0.2, 0.25) is 5.91 Å². The van der Waals surface area contributed by atoms with E-state index in [9.17, 15) is 22.4 Å². The number of nitrogens with two attached hydrogens (primary N) is 1. The summed E-state index contributed by atoms with van der Waals surface area (Å²) >= 11 is 0.756. The highest BCUT2D eigenvalue weighted by Crippen LogP contribution is 2.45. The molecule has 38 heavy (non-hydrogen) atoms. The van der Waals surface area contributed by atoms with Gasteiger partial charge in [-0.3, -0.25) is 4.79 Å². The van der Waals surface area contributed by atoms with Crippen molar-refractivity contribution in [3.63, 3.8) is 0 Å². The van der Waals surface area contributed by atoms with Crippen LogP contribution in [0.1, 0.15) is 12.5 Å². The van der Waals surface area contributed by atoms with E-state index in [0.29, 0.717) is 13.1 Å². The number of hydrogen-bond acceptors (Lipinski definition) is 7. The largest absolute Gasteiger partial charge is 0.417 e. The molecule has 2 atom stereocenters. The fourth-order valence-electron chi connectivity index (χ4n) is 5.03. The number of aromatic nitrogens is 3. The highest BCUT2D eigenvalue weighted by atomic mass is 32.1. The van der Waals surface area contributed by atoms with E-state index in [4.69, 9.17) is 5.73 Å². The van der Waals surface area contributed by atoms with E-state index < -0.39 is 28.9 Å². The lowest BCUT2D eigenvalue weighted by Gasteiger charge is -2.29. The van der Waals surface area contributed by atoms with Gasteiger partial charge < -0.3 is 15.5 Å². The molecule has 0 saturated carbocycles. The maximum Gasteiger partial charge on any atom is 0.417 e. The Hall–Kier alpha value is -3.87. The summed E-state index contributed by atoms with van der Waals surface area (Å²) in [6.45, 7) is 6.11. The Balaban J connectivity index is 1.72. The van der Waals surface area contributed by atoms with Crippen LogP contribution in [0.4, 0.5) is 32.9 Å². The van der Waals surface area contributed by atoms with Crippen molar-refractivity contribution in [1.29, 1.82) is 0 Å². The van der Waals surface area contributed by atoms with Crippen molar-refractivity contribution in [3.05, 3.63) is 54.4 Å². The van der Waals surface area contributed by atoms with E-state index in [1.165, 1.54) is 6.08 Å². The van der Waals surface area contributed by atoms with Crippen LogP contribution in [-0.4, -0.2) is 51.9 Å². The molecule has 0 spiro atoms. The van der Waals surface area contributed by atoms with Crippen LogP contribution in [0, 0.1) is 17.6 Å². The van der Waals surface area contributed by atoms with Gasteiger partial charge in [0.05, 0.1) is 21.8 Å². The van der Waals surface area contributed by atoms with Gasteiger partial charge in [-0.05, 0) is 30.2 Å². The van der Waals surface area contributed by atoms with Gasteiger partial charge in [0.1, 0.15) is 23.5 Å². The van der Waals surface area contributed by atoms with Gasteiger partial charge in [0.15, 0.2) is 10.9 Å². The summed E-state index contributed by atoms with van der Waals surface area (Å²) in [7, 11) is 1.63. The SMILES string of the molecule is C=CC(=O)N1C[C@H](C)[C@@H](N(C)c2ncnc3c(F)c(-c4ccc(F)c5sc(N)nc45)c(C(F)(F)F)cc23)C1. The molecule has 0 bridgehead atoms. The zero-order chi connectivity index (χ0) is 27.5. The number of fused-ring (bicyclic) bond motifs is 2. The number of carbonyl (C=O) groups excluding carboxylic acids is 1. The van der Waals surface area contributed by atoms with Crippen LogP contribution < -0.4 is 10.6 Å². The third kappa shape index (κ3) is 4.10. The Morgan fingerprint density at radius 3 is 2.66 bits per heavy atom. The lowest BCUT2D eigenvalue weighted by Crippen LogP contribution is -2.38. The fourth-order valence-corrected chi connectivity index (χ4v) is 5.79. The van der Waals surface area contributed by atoms with Crippen molar-refractivity contribution in [2.75, 3.05) is 30.8 Å². The molecule has 1 aliphatic rings. The Kier molecular flexibility index (Phi) is 6.21. The number of likely N-dealkylation sites (N-methyl/N-ethyl adjacent to an activating group) is 1. The van der Waals surface area contributed by atoms with E-state index in [1.54, 1.807) is 16.8 Å². The Bertz CT molecular complexity index is 1600. The van der Waals surface area contributed by atoms with Crippen LogP contribution in [0.3, 0.4) is 0 Å². The van der Waals surface area contributed by atoms with Crippen LogP contribution in [0.15, 0.2) is 37.2 Å². The van der Waals surface area contributed by atoms with Gasteiger partial charge in [0.25, 0.3) is 0 Å². The Morgan fingerprint density at radius 2 is 1.97 bits per heavy atom. The summed E-state index contributed by atoms with van der Waals surface area (Å²) in [6, 6.07) is 2.51. The van der Waals surface area contributed by atoms with E-state index >= 15 is 4.39 Å². The number of halogens is 5. The van der Waals surface area contributed by atoms with Crippen LogP contribution >= 0.6 is 11.3 Å². The molecule has 13 heteroatoms. The summed E-state index contributed by atoms with van der Waals surface area (Å²) in [5.74, 6) is -2.20. The molecule has 0 radical (unpaired) electrons. The quantitative estimate of drug-likeness (QED) is 0.277. The minimum Gasteiger partial charge on any atom is -0.375 e. The average Bonchev–Trinajstić information content (AvgIpc) is 3.46. The van der Waals surface area contributed by atoms with Gasteiger partial charge in [-0.2, -0.15) is 13.2 Å². The lowest BCUT2D eigenvalue weighted by molar-refractivity contribution is -0.137. The van der Waals surface area contributed by atoms with Gasteiger partial charge in [0, 0.05) is 36.7 Å². The first-order valence-corrected chi connectivity index (χ1v) is 12.3. The number of alkyl halides is 3. The minimum absolute atomic E-state index is 0.0530. The first kappa shape index (κ1) is 25.8. The minimum atomic E-state index is -4.98. The van der Waals surface area contributed by atoms with Gasteiger partial charge in [-0.1, -0.05) is 24.8 Å². The normalized spacial score (nSPS) is 17.9. The summed E-state index contributed by atoms with van der Waals surface area (Å²) in [5.41, 5.74) is 2.84. The number of nitrogens with zero attached hydrogens (tertiary/aromatic N) is 5. The van der Waals surface area contributed by atoms with E-state index in [-0.39, 0.29) is 55.5 Å². The van der Waals surface area contributed by atoms with Gasteiger partial charge in [-0.25, -0.2) is 23.7 Å². The molecule has 2 aromatic heterocycles. The standard InChI is InChI=1S/C25H21F5N6OS/c1-4-17(37)36-8-11(2)16(9-36)35(3)23-13-7-14(25(28,29)30)18(19(27)20(13)32-10-33-23)12-5-6-15(26)22-21(12)34-24(31)38-22/h4-7,10-11,16H,1,8-9H2,2-3H3,(H2,31,34)/t11-,16-/m0/s1. The first-order chi connectivity index (χ1) is 17.9. The number of likely N-dealkylation sites (tertiary alicyclic amines) is 1. The third-order valence-electron chi connectivity index (χ3n) is 6.83. The zero-order valence-corrected chi connectivity index (χ0v) is 21.0. The van der Waals surface area contributed by atoms with Gasteiger partial charge >= 0.3 is 6.18 Å². The number of nitrogen functional groups attached to an aromatic ring is 1. The van der Waals surface area contributed by atoms with Crippen LogP contribution in [0.25, 0.3) is 32.2 Å². The molecular weight excluding hydrogens is 527 g/mol. The maximum atomic E-state index is 16.1. The number of anilines is 2. The molecule has 7 nitrogen and oxygen atoms in total. The van der Waals surface area contributed by atoms with Gasteiger partial charge in [-0.15, -0.1) is 0 Å². The molecule has 0 unspecified atom stereocenters. The summed E-state index contributed by atoms with van der Waals surface area (Å²) in [6.07, 6.45) is -2.71. The highest BCUT2D eigenvalue weighted by Gasteiger charge is 2.39. The van der Waals surface area contributed by atoms with Crippen molar-refractivity contribution in [2.45, 2.75) is 19.1 Å². The molecule has 198 valence electrons. The van der Waals surface area contributed by atoms with Crippen LogP contribution in [0.2, 0.25) is 0 Å². The summed E-state index contributed by atoms with van der Waals surface area (Å²) in [5, 5.41) is -0.220. The van der Waals surface area contributed by atoms with Crippen molar-refractivity contribution in [3.8, 4) is 11.1 Å². The molecule has 0 aliphatic carbocycles. The van der Waals surface area contributed by atoms with Crippen LogP contribution in [-0.2, 0) is 11.0 Å². The number of rotatable bonds is 4. The molecule has 5 rings (SSSR count). The summed E-state index contributed by atoms with van der Waals surface area (Å²) in [4.78, 5) is 27.5. The number of hydrogen-bond donors (Lipinski definition) is 1. The second-order valence-corrected chi connectivity index (χ2v) is 10.2. The maximum absolute atomic E-state index is 16.1. The average molecular weight is 549 g/mol. The number of amides is 1. The van der Waals surface area contributed by atoms with Crippen molar-refractivity contribution >= 4 is 49.3 Å². The molecule has 3 heterocycles. The smallest absolute Gasteiger partial charge is 0.375 e. The predicted molar refractivity (Wildman–Crippen MR) is 136 cm³/mol. The Morgan fingerprint density at radius 1 is 1.24 bits per heavy atom. The summed E-state index contributed by atoms with van der Waals surface area (Å²) < 4.78 is 73.6. The van der Waals surface area contributed by atoms with Crippen molar-refractivity contribution in [2.24, 2.45) is 5.92 Å². The third-order valence-corrected chi connectivity index (χ3v) is 7.72. The highest BCUT2D eigenvalue weighted by molar-refractivity contribution is 7.22. The van der Waals surface area contributed by atoms with Crippen LogP contribution in [0.5, 0.6) is 0 Å². The lowest BCUT2D eigenvalue weighted by atomic mass is 9.95. The molecule has 1 saturated heterocycles. The Labute approximate surface area is 217 Å². The van der Waals surface area contributed by atoms with E-state index in [0.717, 1.165) is 35.9 Å². The van der Waals surface area contributed by atoms with E-state index in [1.807, 2.05) is 6.92 Å². The topological polar surface area (TPSA) is 88.2 Å². The first-order valence-electron chi connectivity index (χ1n) is 11.5. The zero-order valence-electron chi connectivity index (χ0n) is 20.2. The second kappa shape index (κ2) is 9.15. The number of benzene rings is 2. The van der Waals surface area contributed by atoms with Crippen molar-refractivity contribution < 1.29 is 26.7 Å². The molecule has 2 N–H and O–H groups in total. The fraction of sp³-hybridized carbons (Fsp3) is 0.280. The second-order valence-electron chi connectivity index (χ2n) is 9.13. The molecular formula is C25H21F5N6OS. The number of thiazole rings is 1. The monoisotopic (exact) mass is 548 g/mol. The molecule has 4 aromatic rings. The molecule has 1 amide bonds. The number of carbonyl (C=O) groups is 1. The van der Waals surface area contributed by atoms with E-state index in [2.05, 4.69) is 21.5 Å². The predicted octanol–water partition coefficient (Wildman–Crippen LogP) is 5.25. The molecule has 1 aliphatic heterocycles. The molecule has 2 aromatic carbocycles.